The van der Waals surface area contributed by atoms with Gasteiger partial charge in [0.05, 0.1) is 22.8 Å². The molecule has 0 atom stereocenters. The third-order valence-electron chi connectivity index (χ3n) is 5.41. The third kappa shape index (κ3) is 5.88. The van der Waals surface area contributed by atoms with E-state index in [9.17, 15) is 17.6 Å². The van der Waals surface area contributed by atoms with E-state index in [0.29, 0.717) is 43.2 Å². The van der Waals surface area contributed by atoms with Crippen molar-refractivity contribution in [2.45, 2.75) is 30.8 Å². The molecular formula is C21H27FN4O6S. The van der Waals surface area contributed by atoms with Gasteiger partial charge in [0.1, 0.15) is 24.1 Å². The number of likely N-dealkylation sites (tertiary alicyclic amines) is 1. The summed E-state index contributed by atoms with van der Waals surface area (Å²) in [6.07, 6.45) is 2.22. The van der Waals surface area contributed by atoms with Crippen LogP contribution >= 0.6 is 0 Å². The van der Waals surface area contributed by atoms with Crippen molar-refractivity contribution in [1.82, 2.24) is 14.9 Å². The molecule has 0 aliphatic carbocycles. The summed E-state index contributed by atoms with van der Waals surface area (Å²) in [5, 5.41) is 9.10. The van der Waals surface area contributed by atoms with Crippen molar-refractivity contribution >= 4 is 27.4 Å². The smallest absolute Gasteiger partial charge is 0.407 e. The maximum Gasteiger partial charge on any atom is 0.407 e. The van der Waals surface area contributed by atoms with Crippen LogP contribution in [0.15, 0.2) is 29.4 Å². The lowest BCUT2D eigenvalue weighted by Crippen LogP contribution is -2.41. The zero-order chi connectivity index (χ0) is 24.2. The molecule has 2 heterocycles. The summed E-state index contributed by atoms with van der Waals surface area (Å²) in [6, 6.07) is 3.72. The monoisotopic (exact) mass is 482 g/mol. The van der Waals surface area contributed by atoms with E-state index >= 15 is 0 Å². The zero-order valence-corrected chi connectivity index (χ0v) is 19.5. The number of halogens is 1. The van der Waals surface area contributed by atoms with Crippen molar-refractivity contribution in [3.8, 4) is 5.88 Å². The van der Waals surface area contributed by atoms with Gasteiger partial charge in [-0.15, -0.1) is 0 Å². The topological polar surface area (TPSA) is 122 Å². The number of rotatable bonds is 8. The number of nitrogens with zero attached hydrogens (tertiary/aromatic N) is 4. The van der Waals surface area contributed by atoms with Gasteiger partial charge in [-0.1, -0.05) is 0 Å². The molecule has 2 aromatic rings. The molecular weight excluding hydrogens is 455 g/mol. The fraction of sp³-hybridized carbons (Fsp3) is 0.476. The molecule has 1 aliphatic rings. The highest BCUT2D eigenvalue weighted by atomic mass is 32.2. The molecule has 0 saturated carbocycles. The van der Waals surface area contributed by atoms with Crippen LogP contribution in [0.25, 0.3) is 0 Å². The van der Waals surface area contributed by atoms with Crippen LogP contribution in [-0.2, 0) is 14.6 Å². The first kappa shape index (κ1) is 24.6. The predicted molar refractivity (Wildman–Crippen MR) is 118 cm³/mol. The predicted octanol–water partition coefficient (Wildman–Crippen LogP) is 2.63. The highest BCUT2D eigenvalue weighted by Crippen LogP contribution is 2.33. The van der Waals surface area contributed by atoms with E-state index < -0.39 is 21.7 Å². The van der Waals surface area contributed by atoms with Gasteiger partial charge in [0.25, 0.3) is 0 Å². The maximum absolute atomic E-state index is 15.0. The van der Waals surface area contributed by atoms with Crippen molar-refractivity contribution in [3.63, 3.8) is 0 Å². The van der Waals surface area contributed by atoms with Crippen molar-refractivity contribution in [2.75, 3.05) is 44.5 Å². The molecule has 1 aromatic heterocycles. The Bertz CT molecular complexity index is 1110. The molecule has 12 heteroatoms. The van der Waals surface area contributed by atoms with Crippen molar-refractivity contribution in [1.29, 1.82) is 0 Å². The zero-order valence-electron chi connectivity index (χ0n) is 18.7. The van der Waals surface area contributed by atoms with E-state index in [1.54, 1.807) is 11.8 Å². The summed E-state index contributed by atoms with van der Waals surface area (Å²) in [4.78, 5) is 22.4. The lowest BCUT2D eigenvalue weighted by molar-refractivity contribution is 0.0866. The summed E-state index contributed by atoms with van der Waals surface area (Å²) >= 11 is 0. The van der Waals surface area contributed by atoms with Gasteiger partial charge in [0.2, 0.25) is 5.88 Å². The molecule has 0 bridgehead atoms. The largest absolute Gasteiger partial charge is 0.474 e. The standard InChI is InChI=1S/C21H27FN4O6S/c1-14-19(23-13-24-20(14)32-15-6-8-25(9-7-15)21(27)28)26(10-11-31-2)18-5-4-16(12-17(18)22)33(3,29)30/h4-5,12-13,15H,6-11H2,1-3H3,(H,27,28). The Morgan fingerprint density at radius 2 is 2.00 bits per heavy atom. The van der Waals surface area contributed by atoms with Crippen molar-refractivity contribution in [3.05, 3.63) is 35.9 Å². The number of ether oxygens (including phenoxy) is 2. The molecule has 1 N–H and O–H groups in total. The fourth-order valence-electron chi connectivity index (χ4n) is 3.60. The number of anilines is 2. The second kappa shape index (κ2) is 10.3. The number of amides is 1. The quantitative estimate of drug-likeness (QED) is 0.605. The molecule has 0 unspecified atom stereocenters. The van der Waals surface area contributed by atoms with E-state index in [0.717, 1.165) is 12.3 Å². The van der Waals surface area contributed by atoms with E-state index in [1.165, 1.54) is 30.5 Å². The number of sulfone groups is 1. The van der Waals surface area contributed by atoms with Crippen LogP contribution in [0.2, 0.25) is 0 Å². The summed E-state index contributed by atoms with van der Waals surface area (Å²) in [5.41, 5.74) is 0.711. The number of benzene rings is 1. The summed E-state index contributed by atoms with van der Waals surface area (Å²) in [6.45, 7) is 3.00. The molecule has 1 saturated heterocycles. The van der Waals surface area contributed by atoms with E-state index in [2.05, 4.69) is 9.97 Å². The number of carboxylic acid groups (broad SMARTS) is 1. The molecule has 180 valence electrons. The Morgan fingerprint density at radius 3 is 2.58 bits per heavy atom. The number of aromatic nitrogens is 2. The summed E-state index contributed by atoms with van der Waals surface area (Å²) in [5.74, 6) is 0.00550. The SMILES string of the molecule is COCCN(c1ccc(S(C)(=O)=O)cc1F)c1ncnc(OC2CCN(C(=O)O)CC2)c1C. The molecule has 0 spiro atoms. The number of carbonyl (C=O) groups is 1. The lowest BCUT2D eigenvalue weighted by atomic mass is 10.1. The summed E-state index contributed by atoms with van der Waals surface area (Å²) in [7, 11) is -2.04. The van der Waals surface area contributed by atoms with Gasteiger partial charge >= 0.3 is 6.09 Å². The van der Waals surface area contributed by atoms with Gasteiger partial charge < -0.3 is 24.4 Å². The molecule has 1 aliphatic heterocycles. The lowest BCUT2D eigenvalue weighted by Gasteiger charge is -2.31. The van der Waals surface area contributed by atoms with E-state index in [4.69, 9.17) is 14.6 Å². The van der Waals surface area contributed by atoms with Crippen LogP contribution < -0.4 is 9.64 Å². The second-order valence-corrected chi connectivity index (χ2v) is 9.76. The first-order valence-electron chi connectivity index (χ1n) is 10.3. The average molecular weight is 483 g/mol. The summed E-state index contributed by atoms with van der Waals surface area (Å²) < 4.78 is 49.7. The molecule has 3 rings (SSSR count). The first-order valence-corrected chi connectivity index (χ1v) is 12.2. The Morgan fingerprint density at radius 1 is 1.30 bits per heavy atom. The van der Waals surface area contributed by atoms with Crippen LogP contribution in [0.5, 0.6) is 5.88 Å². The van der Waals surface area contributed by atoms with Crippen molar-refractivity contribution in [2.24, 2.45) is 0 Å². The number of hydrogen-bond acceptors (Lipinski definition) is 8. The van der Waals surface area contributed by atoms with E-state index in [-0.39, 0.29) is 29.8 Å². The molecule has 0 radical (unpaired) electrons. The highest BCUT2D eigenvalue weighted by molar-refractivity contribution is 7.90. The van der Waals surface area contributed by atoms with Gasteiger partial charge in [0.15, 0.2) is 9.84 Å². The van der Waals surface area contributed by atoms with Gasteiger partial charge in [-0.3, -0.25) is 0 Å². The molecule has 33 heavy (non-hydrogen) atoms. The van der Waals surface area contributed by atoms with Crippen LogP contribution in [0.4, 0.5) is 20.7 Å². The minimum absolute atomic E-state index is 0.119. The van der Waals surface area contributed by atoms with Crippen molar-refractivity contribution < 1.29 is 32.2 Å². The van der Waals surface area contributed by atoms with Gasteiger partial charge in [-0.25, -0.2) is 27.6 Å². The normalized spacial score (nSPS) is 14.8. The number of piperidine rings is 1. The maximum atomic E-state index is 15.0. The average Bonchev–Trinajstić information content (AvgIpc) is 2.76. The fourth-order valence-corrected chi connectivity index (χ4v) is 4.23. The van der Waals surface area contributed by atoms with Crippen LogP contribution in [-0.4, -0.2) is 80.2 Å². The number of hydrogen-bond donors (Lipinski definition) is 1. The molecule has 1 aromatic carbocycles. The van der Waals surface area contributed by atoms with Crippen LogP contribution in [0, 0.1) is 12.7 Å². The molecule has 1 fully saturated rings. The van der Waals surface area contributed by atoms with Gasteiger partial charge in [-0.05, 0) is 25.1 Å². The van der Waals surface area contributed by atoms with Crippen LogP contribution in [0.1, 0.15) is 18.4 Å². The Labute approximate surface area is 191 Å². The Hall–Kier alpha value is -2.99. The molecule has 10 nitrogen and oxygen atoms in total. The van der Waals surface area contributed by atoms with Gasteiger partial charge in [0, 0.05) is 45.8 Å². The number of methoxy groups -OCH3 is 1. The second-order valence-electron chi connectivity index (χ2n) is 7.74. The Balaban J connectivity index is 1.89. The first-order chi connectivity index (χ1) is 15.6. The highest BCUT2D eigenvalue weighted by Gasteiger charge is 2.26. The third-order valence-corrected chi connectivity index (χ3v) is 6.53. The van der Waals surface area contributed by atoms with Crippen LogP contribution in [0.3, 0.4) is 0 Å². The molecule has 1 amide bonds. The Kier molecular flexibility index (Phi) is 7.69. The van der Waals surface area contributed by atoms with E-state index in [1.807, 2.05) is 0 Å². The van der Waals surface area contributed by atoms with Gasteiger partial charge in [-0.2, -0.15) is 0 Å². The minimum atomic E-state index is -3.56. The minimum Gasteiger partial charge on any atom is -0.474 e.